The Bertz CT molecular complexity index is 1020. The Morgan fingerprint density at radius 3 is 2.93 bits per heavy atom. The fraction of sp³-hybridized carbons (Fsp3) is 0.391. The van der Waals surface area contributed by atoms with Crippen LogP contribution in [0.3, 0.4) is 0 Å². The topological polar surface area (TPSA) is 82.3 Å². The van der Waals surface area contributed by atoms with Crippen LogP contribution in [0.1, 0.15) is 32.4 Å². The van der Waals surface area contributed by atoms with Gasteiger partial charge in [-0.2, -0.15) is 0 Å². The van der Waals surface area contributed by atoms with E-state index in [1.807, 2.05) is 24.4 Å². The van der Waals surface area contributed by atoms with Crippen molar-refractivity contribution in [2.45, 2.75) is 45.3 Å². The molecule has 0 spiro atoms. The second-order valence-corrected chi connectivity index (χ2v) is 7.57. The summed E-state index contributed by atoms with van der Waals surface area (Å²) in [6, 6.07) is 10.5. The standard InChI is InChI=1S/C23H28N4O2/c1-4-20-21(26-16-8-9-29-14(2)10-16)12-18-19(13-25-23(24)22(18)27-20)15-6-5-7-17(11-15)28-3/h5-7,11-14,16,26H,4,8-10H2,1-3H3,(H2,24,25). The van der Waals surface area contributed by atoms with E-state index in [-0.39, 0.29) is 6.10 Å². The van der Waals surface area contributed by atoms with Gasteiger partial charge >= 0.3 is 0 Å². The monoisotopic (exact) mass is 392 g/mol. The highest BCUT2D eigenvalue weighted by molar-refractivity contribution is 6.00. The molecule has 1 aliphatic rings. The molecule has 4 rings (SSSR count). The molecule has 29 heavy (non-hydrogen) atoms. The first-order valence-electron chi connectivity index (χ1n) is 10.2. The molecule has 0 amide bonds. The first kappa shape index (κ1) is 19.5. The number of rotatable bonds is 5. The number of hydrogen-bond donors (Lipinski definition) is 2. The van der Waals surface area contributed by atoms with E-state index >= 15 is 0 Å². The van der Waals surface area contributed by atoms with Gasteiger partial charge in [0.15, 0.2) is 0 Å². The van der Waals surface area contributed by atoms with E-state index in [0.29, 0.717) is 11.9 Å². The van der Waals surface area contributed by atoms with Gasteiger partial charge in [-0.05, 0) is 49.9 Å². The summed E-state index contributed by atoms with van der Waals surface area (Å²) in [7, 11) is 1.67. The van der Waals surface area contributed by atoms with Crippen molar-refractivity contribution in [2.75, 3.05) is 24.8 Å². The number of ether oxygens (including phenoxy) is 2. The van der Waals surface area contributed by atoms with E-state index < -0.39 is 0 Å². The molecule has 152 valence electrons. The molecular formula is C23H28N4O2. The lowest BCUT2D eigenvalue weighted by Crippen LogP contribution is -2.32. The van der Waals surface area contributed by atoms with Gasteiger partial charge in [0.05, 0.1) is 24.6 Å². The predicted molar refractivity (Wildman–Crippen MR) is 117 cm³/mol. The number of nitrogens with one attached hydrogen (secondary N) is 1. The van der Waals surface area contributed by atoms with Crippen molar-refractivity contribution in [3.63, 3.8) is 0 Å². The molecule has 0 saturated carbocycles. The van der Waals surface area contributed by atoms with Gasteiger partial charge in [-0.1, -0.05) is 19.1 Å². The first-order chi connectivity index (χ1) is 14.1. The summed E-state index contributed by atoms with van der Waals surface area (Å²) in [4.78, 5) is 9.30. The van der Waals surface area contributed by atoms with Gasteiger partial charge in [0.25, 0.3) is 0 Å². The van der Waals surface area contributed by atoms with Gasteiger partial charge in [-0.25, -0.2) is 9.97 Å². The Morgan fingerprint density at radius 2 is 2.17 bits per heavy atom. The van der Waals surface area contributed by atoms with Gasteiger partial charge in [0, 0.05) is 29.8 Å². The van der Waals surface area contributed by atoms with Crippen LogP contribution in [0.15, 0.2) is 36.5 Å². The molecule has 0 radical (unpaired) electrons. The van der Waals surface area contributed by atoms with E-state index in [2.05, 4.69) is 36.3 Å². The number of fused-ring (bicyclic) bond motifs is 1. The predicted octanol–water partition coefficient (Wildman–Crippen LogP) is 4.43. The summed E-state index contributed by atoms with van der Waals surface area (Å²) in [5.74, 6) is 1.26. The summed E-state index contributed by atoms with van der Waals surface area (Å²) >= 11 is 0. The second kappa shape index (κ2) is 8.25. The zero-order chi connectivity index (χ0) is 20.4. The Labute approximate surface area is 171 Å². The number of aromatic nitrogens is 2. The van der Waals surface area contributed by atoms with Gasteiger partial charge in [-0.3, -0.25) is 0 Å². The molecule has 1 fully saturated rings. The minimum absolute atomic E-state index is 0.270. The van der Waals surface area contributed by atoms with Gasteiger partial charge in [-0.15, -0.1) is 0 Å². The minimum atomic E-state index is 0.270. The normalized spacial score (nSPS) is 19.3. The molecular weight excluding hydrogens is 364 g/mol. The van der Waals surface area contributed by atoms with Crippen LogP contribution in [0.5, 0.6) is 5.75 Å². The average Bonchev–Trinajstić information content (AvgIpc) is 2.74. The summed E-state index contributed by atoms with van der Waals surface area (Å²) in [5.41, 5.74) is 11.0. The molecule has 6 nitrogen and oxygen atoms in total. The van der Waals surface area contributed by atoms with Crippen molar-refractivity contribution in [1.82, 2.24) is 9.97 Å². The molecule has 3 N–H and O–H groups in total. The number of nitrogens with two attached hydrogens (primary N) is 1. The number of methoxy groups -OCH3 is 1. The van der Waals surface area contributed by atoms with E-state index in [1.165, 1.54) is 0 Å². The van der Waals surface area contributed by atoms with Gasteiger partial charge in [0.2, 0.25) is 0 Å². The fourth-order valence-electron chi connectivity index (χ4n) is 3.98. The number of anilines is 2. The van der Waals surface area contributed by atoms with E-state index in [1.54, 1.807) is 7.11 Å². The third-order valence-electron chi connectivity index (χ3n) is 5.53. The maximum atomic E-state index is 6.20. The van der Waals surface area contributed by atoms with Crippen LogP contribution in [-0.2, 0) is 11.2 Å². The summed E-state index contributed by atoms with van der Waals surface area (Å²) < 4.78 is 11.1. The Balaban J connectivity index is 1.82. The lowest BCUT2D eigenvalue weighted by Gasteiger charge is -2.29. The van der Waals surface area contributed by atoms with Crippen LogP contribution in [0.4, 0.5) is 11.5 Å². The average molecular weight is 393 g/mol. The van der Waals surface area contributed by atoms with Crippen LogP contribution < -0.4 is 15.8 Å². The number of nitrogen functional groups attached to an aromatic ring is 1. The molecule has 2 unspecified atom stereocenters. The molecule has 3 heterocycles. The van der Waals surface area contributed by atoms with Crippen molar-refractivity contribution >= 4 is 22.4 Å². The quantitative estimate of drug-likeness (QED) is 0.668. The van der Waals surface area contributed by atoms with Crippen LogP contribution >= 0.6 is 0 Å². The van der Waals surface area contributed by atoms with Crippen LogP contribution in [0, 0.1) is 0 Å². The molecule has 2 aromatic heterocycles. The highest BCUT2D eigenvalue weighted by Crippen LogP contribution is 2.34. The maximum Gasteiger partial charge on any atom is 0.149 e. The van der Waals surface area contributed by atoms with Gasteiger partial charge in [0.1, 0.15) is 17.1 Å². The largest absolute Gasteiger partial charge is 0.497 e. The molecule has 0 aliphatic carbocycles. The maximum absolute atomic E-state index is 6.20. The second-order valence-electron chi connectivity index (χ2n) is 7.57. The smallest absolute Gasteiger partial charge is 0.149 e. The number of pyridine rings is 2. The number of benzene rings is 1. The molecule has 1 saturated heterocycles. The van der Waals surface area contributed by atoms with Gasteiger partial charge < -0.3 is 20.5 Å². The lowest BCUT2D eigenvalue weighted by atomic mass is 10.00. The minimum Gasteiger partial charge on any atom is -0.497 e. The number of nitrogens with zero attached hydrogens (tertiary/aromatic N) is 2. The fourth-order valence-corrected chi connectivity index (χ4v) is 3.98. The summed E-state index contributed by atoms with van der Waals surface area (Å²) in [6.45, 7) is 5.02. The van der Waals surface area contributed by atoms with E-state index in [9.17, 15) is 0 Å². The number of aryl methyl sites for hydroxylation is 1. The van der Waals surface area contributed by atoms with Crippen LogP contribution in [-0.4, -0.2) is 35.8 Å². The lowest BCUT2D eigenvalue weighted by molar-refractivity contribution is 0.0232. The molecule has 6 heteroatoms. The number of hydrogen-bond acceptors (Lipinski definition) is 6. The SMILES string of the molecule is CCc1nc2c(N)ncc(-c3cccc(OC)c3)c2cc1NC1CCOC(C)C1. The van der Waals surface area contributed by atoms with Crippen molar-refractivity contribution in [2.24, 2.45) is 0 Å². The Kier molecular flexibility index (Phi) is 5.53. The highest BCUT2D eigenvalue weighted by atomic mass is 16.5. The molecule has 1 aliphatic heterocycles. The highest BCUT2D eigenvalue weighted by Gasteiger charge is 2.21. The molecule has 2 atom stereocenters. The zero-order valence-corrected chi connectivity index (χ0v) is 17.2. The first-order valence-corrected chi connectivity index (χ1v) is 10.2. The third kappa shape index (κ3) is 3.98. The van der Waals surface area contributed by atoms with Crippen molar-refractivity contribution in [3.05, 3.63) is 42.2 Å². The summed E-state index contributed by atoms with van der Waals surface area (Å²) in [6.07, 6.45) is 4.89. The Hall–Kier alpha value is -2.86. The van der Waals surface area contributed by atoms with Crippen molar-refractivity contribution in [1.29, 1.82) is 0 Å². The van der Waals surface area contributed by atoms with Crippen LogP contribution in [0.25, 0.3) is 22.0 Å². The van der Waals surface area contributed by atoms with Crippen LogP contribution in [0.2, 0.25) is 0 Å². The Morgan fingerprint density at radius 1 is 1.31 bits per heavy atom. The zero-order valence-electron chi connectivity index (χ0n) is 17.2. The molecule has 0 bridgehead atoms. The summed E-state index contributed by atoms with van der Waals surface area (Å²) in [5, 5.41) is 4.71. The van der Waals surface area contributed by atoms with E-state index in [4.69, 9.17) is 20.2 Å². The van der Waals surface area contributed by atoms with Crippen molar-refractivity contribution < 1.29 is 9.47 Å². The molecule has 3 aromatic rings. The van der Waals surface area contributed by atoms with E-state index in [0.717, 1.165) is 65.0 Å². The third-order valence-corrected chi connectivity index (χ3v) is 5.53. The van der Waals surface area contributed by atoms with Crippen molar-refractivity contribution in [3.8, 4) is 16.9 Å². The molecule has 1 aromatic carbocycles.